The van der Waals surface area contributed by atoms with Gasteiger partial charge in [0.2, 0.25) is 15.2 Å². The molecule has 32 heavy (non-hydrogen) atoms. The highest BCUT2D eigenvalue weighted by atomic mass is 32.2. The molecule has 0 spiro atoms. The molecule has 1 heterocycles. The fraction of sp³-hybridized carbons (Fsp3) is 0.158. The highest BCUT2D eigenvalue weighted by molar-refractivity contribution is 7.88. The molecule has 3 N–H and O–H groups in total. The van der Waals surface area contributed by atoms with Crippen LogP contribution in [-0.2, 0) is 16.6 Å². The number of hydrogen-bond donors (Lipinski definition) is 3. The van der Waals surface area contributed by atoms with Crippen molar-refractivity contribution >= 4 is 44.2 Å². The summed E-state index contributed by atoms with van der Waals surface area (Å²) in [7, 11) is -2.01. The maximum atomic E-state index is 13.9. The quantitative estimate of drug-likeness (QED) is 0.422. The van der Waals surface area contributed by atoms with E-state index in [-0.39, 0.29) is 34.3 Å². The van der Waals surface area contributed by atoms with Crippen molar-refractivity contribution in [1.82, 2.24) is 14.1 Å². The van der Waals surface area contributed by atoms with Crippen LogP contribution >= 0.6 is 11.5 Å². The molecule has 10 nitrogen and oxygen atoms in total. The van der Waals surface area contributed by atoms with E-state index in [2.05, 4.69) is 24.7 Å². The van der Waals surface area contributed by atoms with Gasteiger partial charge in [-0.3, -0.25) is 10.1 Å². The second-order valence-corrected chi connectivity index (χ2v) is 8.99. The van der Waals surface area contributed by atoms with Gasteiger partial charge in [-0.25, -0.2) is 27.3 Å². The summed E-state index contributed by atoms with van der Waals surface area (Å²) >= 11 is 0.842. The number of hydrogen-bond acceptors (Lipinski definition) is 8. The number of carbonyl (C=O) groups excluding carboxylic acids is 2. The van der Waals surface area contributed by atoms with E-state index < -0.39 is 27.7 Å². The fourth-order valence-corrected chi connectivity index (χ4v) is 3.59. The lowest BCUT2D eigenvalue weighted by atomic mass is 10.0. The van der Waals surface area contributed by atoms with Gasteiger partial charge in [-0.05, 0) is 30.3 Å². The fourth-order valence-electron chi connectivity index (χ4n) is 2.61. The molecule has 0 saturated carbocycles. The minimum Gasteiger partial charge on any atom is -0.496 e. The lowest BCUT2D eigenvalue weighted by molar-refractivity contribution is 0.103. The second kappa shape index (κ2) is 9.80. The smallest absolute Gasteiger partial charge is 0.325 e. The Morgan fingerprint density at radius 3 is 2.59 bits per heavy atom. The van der Waals surface area contributed by atoms with Crippen LogP contribution in [0.3, 0.4) is 0 Å². The van der Waals surface area contributed by atoms with Crippen molar-refractivity contribution in [3.05, 3.63) is 65.2 Å². The van der Waals surface area contributed by atoms with Crippen LogP contribution < -0.4 is 20.1 Å². The molecular weight excluding hydrogens is 461 g/mol. The second-order valence-electron chi connectivity index (χ2n) is 6.41. The first kappa shape index (κ1) is 23.2. The van der Waals surface area contributed by atoms with Crippen molar-refractivity contribution in [3.8, 4) is 5.75 Å². The molecule has 2 amide bonds. The van der Waals surface area contributed by atoms with Gasteiger partial charge in [0.05, 0.1) is 31.2 Å². The summed E-state index contributed by atoms with van der Waals surface area (Å²) in [4.78, 5) is 29.4. The molecule has 0 saturated heterocycles. The Hall–Kier alpha value is -3.42. The van der Waals surface area contributed by atoms with Gasteiger partial charge in [-0.15, -0.1) is 0 Å². The lowest BCUT2D eigenvalue weighted by Gasteiger charge is -2.12. The van der Waals surface area contributed by atoms with Crippen molar-refractivity contribution in [1.29, 1.82) is 0 Å². The van der Waals surface area contributed by atoms with Crippen LogP contribution in [0.25, 0.3) is 0 Å². The van der Waals surface area contributed by atoms with Crippen LogP contribution in [0.5, 0.6) is 5.75 Å². The predicted octanol–water partition coefficient (Wildman–Crippen LogP) is 2.61. The molecule has 0 bridgehead atoms. The Morgan fingerprint density at radius 2 is 1.88 bits per heavy atom. The summed E-state index contributed by atoms with van der Waals surface area (Å²) in [6, 6.07) is 9.10. The molecule has 0 aliphatic carbocycles. The van der Waals surface area contributed by atoms with Crippen molar-refractivity contribution in [2.75, 3.05) is 24.0 Å². The monoisotopic (exact) mass is 479 g/mol. The van der Waals surface area contributed by atoms with Crippen molar-refractivity contribution in [2.45, 2.75) is 6.54 Å². The number of urea groups is 1. The number of aromatic nitrogens is 2. The standard InChI is InChI=1S/C19H18FN5O5S2/c1-30-15-6-4-3-5-12(15)17(26)13-9-11(20)7-8-14(13)22-18(27)24-19-23-16(25-31-19)10-21-32(2,28)29/h3-9,21H,10H2,1-2H3,(H2,22,23,24,25,27). The first-order chi connectivity index (χ1) is 15.2. The van der Waals surface area contributed by atoms with Crippen LogP contribution in [0.2, 0.25) is 0 Å². The zero-order chi connectivity index (χ0) is 23.3. The minimum atomic E-state index is -3.42. The number of halogens is 1. The summed E-state index contributed by atoms with van der Waals surface area (Å²) in [6.45, 7) is -0.131. The van der Waals surface area contributed by atoms with E-state index in [1.54, 1.807) is 18.2 Å². The van der Waals surface area contributed by atoms with Gasteiger partial charge in [0, 0.05) is 17.1 Å². The van der Waals surface area contributed by atoms with Gasteiger partial charge in [0.15, 0.2) is 11.6 Å². The zero-order valence-corrected chi connectivity index (χ0v) is 18.5. The molecule has 0 unspecified atom stereocenters. The topological polar surface area (TPSA) is 139 Å². The van der Waals surface area contributed by atoms with E-state index in [4.69, 9.17) is 4.74 Å². The number of para-hydroxylation sites is 1. The normalized spacial score (nSPS) is 11.1. The number of nitrogens with one attached hydrogen (secondary N) is 3. The summed E-state index contributed by atoms with van der Waals surface area (Å²) in [5.41, 5.74) is 0.208. The number of sulfonamides is 1. The number of methoxy groups -OCH3 is 1. The number of nitrogens with zero attached hydrogens (tertiary/aromatic N) is 2. The van der Waals surface area contributed by atoms with Crippen LogP contribution in [-0.4, -0.2) is 43.0 Å². The van der Waals surface area contributed by atoms with Gasteiger partial charge in [-0.2, -0.15) is 4.37 Å². The molecule has 0 atom stereocenters. The van der Waals surface area contributed by atoms with Gasteiger partial charge in [-0.1, -0.05) is 12.1 Å². The molecular formula is C19H18FN5O5S2. The summed E-state index contributed by atoms with van der Waals surface area (Å²) in [5, 5.41) is 5.03. The van der Waals surface area contributed by atoms with E-state index in [0.29, 0.717) is 5.75 Å². The molecule has 0 radical (unpaired) electrons. The highest BCUT2D eigenvalue weighted by Crippen LogP contribution is 2.26. The Bertz CT molecular complexity index is 1260. The van der Waals surface area contributed by atoms with Crippen LogP contribution in [0.1, 0.15) is 21.7 Å². The number of rotatable bonds is 8. The Balaban J connectivity index is 1.76. The van der Waals surface area contributed by atoms with Crippen molar-refractivity contribution in [2.24, 2.45) is 0 Å². The number of anilines is 2. The van der Waals surface area contributed by atoms with E-state index in [0.717, 1.165) is 29.9 Å². The van der Waals surface area contributed by atoms with Gasteiger partial charge in [0.25, 0.3) is 0 Å². The largest absolute Gasteiger partial charge is 0.496 e. The summed E-state index contributed by atoms with van der Waals surface area (Å²) < 4.78 is 47.5. The maximum Gasteiger partial charge on any atom is 0.325 e. The highest BCUT2D eigenvalue weighted by Gasteiger charge is 2.20. The minimum absolute atomic E-state index is 0.0695. The average Bonchev–Trinajstić information content (AvgIpc) is 3.19. The van der Waals surface area contributed by atoms with Crippen LogP contribution in [0.4, 0.5) is 20.0 Å². The van der Waals surface area contributed by atoms with E-state index in [1.807, 2.05) is 0 Å². The average molecular weight is 480 g/mol. The van der Waals surface area contributed by atoms with E-state index in [9.17, 15) is 22.4 Å². The molecule has 0 aliphatic heterocycles. The first-order valence-corrected chi connectivity index (χ1v) is 11.7. The van der Waals surface area contributed by atoms with Crippen molar-refractivity contribution in [3.63, 3.8) is 0 Å². The van der Waals surface area contributed by atoms with Crippen LogP contribution in [0.15, 0.2) is 42.5 Å². The van der Waals surface area contributed by atoms with Crippen molar-refractivity contribution < 1.29 is 27.1 Å². The first-order valence-electron chi connectivity index (χ1n) is 8.99. The third-order valence-corrected chi connectivity index (χ3v) is 5.34. The van der Waals surface area contributed by atoms with Gasteiger partial charge >= 0.3 is 6.03 Å². The molecule has 13 heteroatoms. The molecule has 3 aromatic rings. The number of ether oxygens (including phenoxy) is 1. The number of benzene rings is 2. The number of carbonyl (C=O) groups is 2. The number of ketones is 1. The van der Waals surface area contributed by atoms with E-state index >= 15 is 0 Å². The molecule has 2 aromatic carbocycles. The molecule has 0 fully saturated rings. The van der Waals surface area contributed by atoms with E-state index in [1.165, 1.54) is 19.2 Å². The third kappa shape index (κ3) is 6.06. The Morgan fingerprint density at radius 1 is 1.12 bits per heavy atom. The van der Waals surface area contributed by atoms with Gasteiger partial charge in [0.1, 0.15) is 11.6 Å². The maximum absolute atomic E-state index is 13.9. The summed E-state index contributed by atoms with van der Waals surface area (Å²) in [5.74, 6) is -0.713. The number of amides is 2. The zero-order valence-electron chi connectivity index (χ0n) is 16.9. The molecule has 0 aliphatic rings. The SMILES string of the molecule is COc1ccccc1C(=O)c1cc(F)ccc1NC(=O)Nc1nc(CNS(C)(=O)=O)ns1. The molecule has 168 valence electrons. The Kier molecular flexibility index (Phi) is 7.12. The Labute approximate surface area is 187 Å². The molecule has 1 aromatic heterocycles. The lowest BCUT2D eigenvalue weighted by Crippen LogP contribution is -2.22. The molecule has 3 rings (SSSR count). The third-order valence-electron chi connectivity index (χ3n) is 4.01. The van der Waals surface area contributed by atoms with Gasteiger partial charge < -0.3 is 10.1 Å². The summed E-state index contributed by atoms with van der Waals surface area (Å²) in [6.07, 6.45) is 0.999. The predicted molar refractivity (Wildman–Crippen MR) is 117 cm³/mol. The van der Waals surface area contributed by atoms with Crippen LogP contribution in [0, 0.1) is 5.82 Å².